The summed E-state index contributed by atoms with van der Waals surface area (Å²) in [5.74, 6) is 2.26. The molecule has 0 saturated heterocycles. The van der Waals surface area contributed by atoms with Crippen LogP contribution in [-0.4, -0.2) is 24.1 Å². The van der Waals surface area contributed by atoms with Gasteiger partial charge in [0.25, 0.3) is 5.91 Å². The van der Waals surface area contributed by atoms with Gasteiger partial charge in [-0.3, -0.25) is 4.79 Å². The molecule has 1 aromatic heterocycles. The summed E-state index contributed by atoms with van der Waals surface area (Å²) in [5, 5.41) is 6.11. The Balaban J connectivity index is 1.40. The summed E-state index contributed by atoms with van der Waals surface area (Å²) >= 11 is 0. The van der Waals surface area contributed by atoms with Crippen molar-refractivity contribution in [3.05, 3.63) is 71.9 Å². The van der Waals surface area contributed by atoms with Crippen molar-refractivity contribution in [2.75, 3.05) is 23.8 Å². The number of carbonyl (C=O) groups is 1. The van der Waals surface area contributed by atoms with E-state index in [1.54, 1.807) is 36.5 Å². The SMILES string of the molecule is CC(C)c1ccc(Nc2ccc(C(=O)Nc3ccc4c(c3)OCCO4)cn2)cc1. The van der Waals surface area contributed by atoms with Crippen LogP contribution in [0.4, 0.5) is 17.2 Å². The zero-order chi connectivity index (χ0) is 20.2. The van der Waals surface area contributed by atoms with Gasteiger partial charge in [0.05, 0.1) is 5.56 Å². The maximum absolute atomic E-state index is 12.5. The van der Waals surface area contributed by atoms with Gasteiger partial charge in [-0.1, -0.05) is 26.0 Å². The lowest BCUT2D eigenvalue weighted by Crippen LogP contribution is -2.16. The van der Waals surface area contributed by atoms with Gasteiger partial charge in [0.2, 0.25) is 0 Å². The second kappa shape index (κ2) is 8.22. The van der Waals surface area contributed by atoms with E-state index in [0.29, 0.717) is 47.7 Å². The lowest BCUT2D eigenvalue weighted by atomic mass is 10.0. The zero-order valence-electron chi connectivity index (χ0n) is 16.4. The first kappa shape index (κ1) is 18.8. The van der Waals surface area contributed by atoms with E-state index in [9.17, 15) is 4.79 Å². The first-order chi connectivity index (χ1) is 14.1. The number of hydrogen-bond donors (Lipinski definition) is 2. The van der Waals surface area contributed by atoms with Crippen molar-refractivity contribution in [1.82, 2.24) is 4.98 Å². The van der Waals surface area contributed by atoms with Gasteiger partial charge in [0.15, 0.2) is 11.5 Å². The van der Waals surface area contributed by atoms with Crippen LogP contribution in [0.15, 0.2) is 60.8 Å². The third-order valence-electron chi connectivity index (χ3n) is 4.68. The third-order valence-corrected chi connectivity index (χ3v) is 4.68. The molecule has 0 bridgehead atoms. The van der Waals surface area contributed by atoms with Crippen LogP contribution < -0.4 is 20.1 Å². The van der Waals surface area contributed by atoms with Crippen molar-refractivity contribution in [3.63, 3.8) is 0 Å². The van der Waals surface area contributed by atoms with Crippen molar-refractivity contribution in [2.24, 2.45) is 0 Å². The standard InChI is InChI=1S/C23H23N3O3/c1-15(2)16-3-6-18(7-4-16)25-22-10-5-17(14-24-22)23(27)26-19-8-9-20-21(13-19)29-12-11-28-20/h3-10,13-15H,11-12H2,1-2H3,(H,24,25)(H,26,27). The molecule has 2 aromatic carbocycles. The number of benzene rings is 2. The third kappa shape index (κ3) is 4.48. The molecule has 0 unspecified atom stereocenters. The molecule has 3 aromatic rings. The maximum atomic E-state index is 12.5. The molecule has 0 saturated carbocycles. The van der Waals surface area contributed by atoms with Gasteiger partial charge in [0.1, 0.15) is 19.0 Å². The minimum atomic E-state index is -0.234. The van der Waals surface area contributed by atoms with E-state index in [4.69, 9.17) is 9.47 Å². The average Bonchev–Trinajstić information content (AvgIpc) is 2.74. The lowest BCUT2D eigenvalue weighted by Gasteiger charge is -2.19. The number of pyridine rings is 1. The van der Waals surface area contributed by atoms with Gasteiger partial charge in [0, 0.05) is 23.6 Å². The zero-order valence-corrected chi connectivity index (χ0v) is 16.4. The minimum Gasteiger partial charge on any atom is -0.486 e. The molecular weight excluding hydrogens is 366 g/mol. The average molecular weight is 389 g/mol. The van der Waals surface area contributed by atoms with Crippen LogP contribution in [0.1, 0.15) is 35.7 Å². The van der Waals surface area contributed by atoms with Gasteiger partial charge in [-0.2, -0.15) is 0 Å². The molecule has 1 aliphatic rings. The number of nitrogens with zero attached hydrogens (tertiary/aromatic N) is 1. The van der Waals surface area contributed by atoms with Crippen molar-refractivity contribution >= 4 is 23.1 Å². The van der Waals surface area contributed by atoms with Gasteiger partial charge >= 0.3 is 0 Å². The van der Waals surface area contributed by atoms with Crippen molar-refractivity contribution in [1.29, 1.82) is 0 Å². The molecule has 0 spiro atoms. The molecule has 0 atom stereocenters. The number of amides is 1. The summed E-state index contributed by atoms with van der Waals surface area (Å²) in [4.78, 5) is 16.9. The molecule has 29 heavy (non-hydrogen) atoms. The highest BCUT2D eigenvalue weighted by Crippen LogP contribution is 2.32. The summed E-state index contributed by atoms with van der Waals surface area (Å²) in [6.07, 6.45) is 1.55. The lowest BCUT2D eigenvalue weighted by molar-refractivity contribution is 0.102. The summed E-state index contributed by atoms with van der Waals surface area (Å²) in [7, 11) is 0. The Bertz CT molecular complexity index is 999. The predicted octanol–water partition coefficient (Wildman–Crippen LogP) is 4.97. The smallest absolute Gasteiger partial charge is 0.257 e. The Kier molecular flexibility index (Phi) is 5.33. The molecule has 4 rings (SSSR count). The fourth-order valence-corrected chi connectivity index (χ4v) is 3.03. The number of fused-ring (bicyclic) bond motifs is 1. The molecule has 2 N–H and O–H groups in total. The molecule has 1 amide bonds. The molecule has 2 heterocycles. The van der Waals surface area contributed by atoms with Crippen LogP contribution in [0.5, 0.6) is 11.5 Å². The van der Waals surface area contributed by atoms with Gasteiger partial charge in [-0.15, -0.1) is 0 Å². The van der Waals surface area contributed by atoms with Gasteiger partial charge in [-0.05, 0) is 47.9 Å². The second-order valence-electron chi connectivity index (χ2n) is 7.15. The molecular formula is C23H23N3O3. The fraction of sp³-hybridized carbons (Fsp3) is 0.217. The summed E-state index contributed by atoms with van der Waals surface area (Å²) in [6.45, 7) is 5.37. The van der Waals surface area contributed by atoms with E-state index in [2.05, 4.69) is 41.6 Å². The first-order valence-electron chi connectivity index (χ1n) is 9.62. The Morgan fingerprint density at radius 2 is 1.66 bits per heavy atom. The highest BCUT2D eigenvalue weighted by atomic mass is 16.6. The quantitative estimate of drug-likeness (QED) is 0.644. The molecule has 6 nitrogen and oxygen atoms in total. The molecule has 0 fully saturated rings. The van der Waals surface area contributed by atoms with Crippen molar-refractivity contribution < 1.29 is 14.3 Å². The molecule has 1 aliphatic heterocycles. The van der Waals surface area contributed by atoms with Crippen LogP contribution in [-0.2, 0) is 0 Å². The van der Waals surface area contributed by atoms with E-state index in [1.165, 1.54) is 5.56 Å². The van der Waals surface area contributed by atoms with E-state index in [0.717, 1.165) is 5.69 Å². The molecule has 6 heteroatoms. The molecule has 0 aliphatic carbocycles. The highest BCUT2D eigenvalue weighted by Gasteiger charge is 2.13. The topological polar surface area (TPSA) is 72.5 Å². The Morgan fingerprint density at radius 3 is 2.34 bits per heavy atom. The van der Waals surface area contributed by atoms with E-state index >= 15 is 0 Å². The summed E-state index contributed by atoms with van der Waals surface area (Å²) in [5.41, 5.74) is 3.36. The van der Waals surface area contributed by atoms with E-state index in [-0.39, 0.29) is 5.91 Å². The maximum Gasteiger partial charge on any atom is 0.257 e. The Morgan fingerprint density at radius 1 is 0.931 bits per heavy atom. The fourth-order valence-electron chi connectivity index (χ4n) is 3.03. The number of rotatable bonds is 5. The van der Waals surface area contributed by atoms with Crippen LogP contribution in [0, 0.1) is 0 Å². The van der Waals surface area contributed by atoms with Gasteiger partial charge < -0.3 is 20.1 Å². The Labute approximate surface area is 169 Å². The van der Waals surface area contributed by atoms with Crippen molar-refractivity contribution in [2.45, 2.75) is 19.8 Å². The van der Waals surface area contributed by atoms with E-state index in [1.807, 2.05) is 12.1 Å². The number of nitrogens with one attached hydrogen (secondary N) is 2. The highest BCUT2D eigenvalue weighted by molar-refractivity contribution is 6.04. The van der Waals surface area contributed by atoms with Crippen LogP contribution >= 0.6 is 0 Å². The van der Waals surface area contributed by atoms with Crippen LogP contribution in [0.25, 0.3) is 0 Å². The summed E-state index contributed by atoms with van der Waals surface area (Å²) in [6, 6.07) is 17.1. The monoisotopic (exact) mass is 389 g/mol. The predicted molar refractivity (Wildman–Crippen MR) is 113 cm³/mol. The number of aromatic nitrogens is 1. The summed E-state index contributed by atoms with van der Waals surface area (Å²) < 4.78 is 11.0. The number of anilines is 3. The largest absolute Gasteiger partial charge is 0.486 e. The molecule has 0 radical (unpaired) electrons. The van der Waals surface area contributed by atoms with Gasteiger partial charge in [-0.25, -0.2) is 4.98 Å². The molecule has 148 valence electrons. The van der Waals surface area contributed by atoms with Crippen LogP contribution in [0.2, 0.25) is 0 Å². The second-order valence-corrected chi connectivity index (χ2v) is 7.15. The van der Waals surface area contributed by atoms with E-state index < -0.39 is 0 Å². The normalized spacial score (nSPS) is 12.5. The number of ether oxygens (including phenoxy) is 2. The Hall–Kier alpha value is -3.54. The minimum absolute atomic E-state index is 0.234. The van der Waals surface area contributed by atoms with Crippen molar-refractivity contribution in [3.8, 4) is 11.5 Å². The first-order valence-corrected chi connectivity index (χ1v) is 9.62. The number of hydrogen-bond acceptors (Lipinski definition) is 5. The number of carbonyl (C=O) groups excluding carboxylic acids is 1. The van der Waals surface area contributed by atoms with Crippen LogP contribution in [0.3, 0.4) is 0 Å².